The fraction of sp³-hybridized carbons (Fsp3) is 0.500. The van der Waals surface area contributed by atoms with Gasteiger partial charge in [0.25, 0.3) is 0 Å². The van der Waals surface area contributed by atoms with Crippen LogP contribution in [-0.2, 0) is 11.4 Å². The predicted molar refractivity (Wildman–Crippen MR) is 97.1 cm³/mol. The van der Waals surface area contributed by atoms with Gasteiger partial charge in [0.15, 0.2) is 0 Å². The predicted octanol–water partition coefficient (Wildman–Crippen LogP) is 0.670. The normalized spacial score (nSPS) is 18.5. The van der Waals surface area contributed by atoms with Gasteiger partial charge in [0.2, 0.25) is 5.89 Å². The number of aromatic nitrogens is 2. The summed E-state index contributed by atoms with van der Waals surface area (Å²) in [5.74, 6) is -0.771. The molecule has 0 atom stereocenters. The quantitative estimate of drug-likeness (QED) is 0.765. The lowest BCUT2D eigenvalue weighted by atomic mass is 10.2. The van der Waals surface area contributed by atoms with Crippen molar-refractivity contribution in [3.8, 4) is 11.5 Å². The molecule has 0 radical (unpaired) electrons. The molecule has 0 unspecified atom stereocenters. The van der Waals surface area contributed by atoms with E-state index in [9.17, 15) is 14.0 Å². The highest BCUT2D eigenvalue weighted by Crippen LogP contribution is 2.16. The van der Waals surface area contributed by atoms with Crippen LogP contribution in [0.2, 0.25) is 0 Å². The molecule has 10 heteroatoms. The van der Waals surface area contributed by atoms with Crippen LogP contribution >= 0.6 is 0 Å². The van der Waals surface area contributed by atoms with Crippen molar-refractivity contribution in [1.82, 2.24) is 24.5 Å². The summed E-state index contributed by atoms with van der Waals surface area (Å²) >= 11 is 0. The van der Waals surface area contributed by atoms with Gasteiger partial charge in [-0.25, -0.2) is 14.0 Å². The van der Waals surface area contributed by atoms with E-state index in [0.717, 1.165) is 0 Å². The summed E-state index contributed by atoms with van der Waals surface area (Å²) in [6.45, 7) is 5.15. The summed E-state index contributed by atoms with van der Waals surface area (Å²) in [6.07, 6.45) is 0. The highest BCUT2D eigenvalue weighted by Gasteiger charge is 2.27. The van der Waals surface area contributed by atoms with Crippen molar-refractivity contribution in [3.05, 3.63) is 40.6 Å². The van der Waals surface area contributed by atoms with E-state index in [1.807, 2.05) is 14.7 Å². The number of hydrogen-bond acceptors (Lipinski definition) is 6. The second-order valence-corrected chi connectivity index (χ2v) is 6.81. The number of halogens is 1. The summed E-state index contributed by atoms with van der Waals surface area (Å²) in [6, 6.07) is 5.65. The van der Waals surface area contributed by atoms with Crippen molar-refractivity contribution < 1.29 is 18.3 Å². The Balaban J connectivity index is 1.34. The maximum Gasteiger partial charge on any atom is 0.438 e. The molecule has 2 aliphatic rings. The highest BCUT2D eigenvalue weighted by molar-refractivity contribution is 5.74. The third kappa shape index (κ3) is 4.07. The number of hydrogen-bond donors (Lipinski definition) is 0. The van der Waals surface area contributed by atoms with Crippen LogP contribution in [0.25, 0.3) is 11.5 Å². The van der Waals surface area contributed by atoms with Crippen molar-refractivity contribution in [2.75, 3.05) is 52.5 Å². The molecule has 4 rings (SSSR count). The molecular weight excluding hydrogens is 369 g/mol. The monoisotopic (exact) mass is 391 g/mol. The molecule has 2 amide bonds. The van der Waals surface area contributed by atoms with Gasteiger partial charge in [0, 0.05) is 44.8 Å². The number of carbonyl (C=O) groups is 1. The summed E-state index contributed by atoms with van der Waals surface area (Å²) in [5.41, 5.74) is 0.540. The summed E-state index contributed by atoms with van der Waals surface area (Å²) in [5, 5.41) is 4.20. The van der Waals surface area contributed by atoms with Crippen LogP contribution in [0.4, 0.5) is 9.18 Å². The summed E-state index contributed by atoms with van der Waals surface area (Å²) in [4.78, 5) is 30.3. The molecule has 150 valence electrons. The molecule has 2 aliphatic heterocycles. The molecule has 9 nitrogen and oxygen atoms in total. The number of morpholine rings is 1. The molecule has 28 heavy (non-hydrogen) atoms. The van der Waals surface area contributed by atoms with Crippen LogP contribution < -0.4 is 5.76 Å². The highest BCUT2D eigenvalue weighted by atomic mass is 19.1. The lowest BCUT2D eigenvalue weighted by Crippen LogP contribution is -2.55. The lowest BCUT2D eigenvalue weighted by Gasteiger charge is -2.38. The molecular formula is C18H22FN5O4. The van der Waals surface area contributed by atoms with Crippen molar-refractivity contribution in [2.24, 2.45) is 0 Å². The van der Waals surface area contributed by atoms with E-state index in [-0.39, 0.29) is 24.4 Å². The fourth-order valence-corrected chi connectivity index (χ4v) is 3.33. The van der Waals surface area contributed by atoms with Gasteiger partial charge in [-0.1, -0.05) is 0 Å². The van der Waals surface area contributed by atoms with Crippen molar-refractivity contribution >= 4 is 6.03 Å². The molecule has 0 N–H and O–H groups in total. The largest absolute Gasteiger partial charge is 0.438 e. The molecule has 0 saturated carbocycles. The second kappa shape index (κ2) is 8.11. The molecule has 2 saturated heterocycles. The maximum absolute atomic E-state index is 13.0. The van der Waals surface area contributed by atoms with E-state index in [1.165, 1.54) is 28.9 Å². The average Bonchev–Trinajstić information content (AvgIpc) is 3.09. The smallest absolute Gasteiger partial charge is 0.388 e. The molecule has 3 heterocycles. The van der Waals surface area contributed by atoms with E-state index in [0.29, 0.717) is 58.0 Å². The molecule has 1 aromatic heterocycles. The molecule has 0 bridgehead atoms. The number of benzene rings is 1. The molecule has 1 aromatic carbocycles. The minimum atomic E-state index is -0.564. The molecule has 2 fully saturated rings. The Hall–Kier alpha value is -2.72. The number of amides is 2. The number of carbonyl (C=O) groups excluding carboxylic acids is 1. The Bertz CT molecular complexity index is 867. The SMILES string of the molecule is O=C(N1CCOCC1)N1CCN(Cn2nc(-c3ccc(F)cc3)oc2=O)CC1. The van der Waals surface area contributed by atoms with Gasteiger partial charge in [0.05, 0.1) is 13.2 Å². The number of urea groups is 1. The number of nitrogens with zero attached hydrogens (tertiary/aromatic N) is 5. The summed E-state index contributed by atoms with van der Waals surface area (Å²) < 4.78 is 24.8. The minimum Gasteiger partial charge on any atom is -0.388 e. The van der Waals surface area contributed by atoms with E-state index in [1.54, 1.807) is 0 Å². The Morgan fingerprint density at radius 2 is 1.64 bits per heavy atom. The Morgan fingerprint density at radius 3 is 2.32 bits per heavy atom. The van der Waals surface area contributed by atoms with E-state index >= 15 is 0 Å². The van der Waals surface area contributed by atoms with Gasteiger partial charge < -0.3 is 19.0 Å². The van der Waals surface area contributed by atoms with Crippen LogP contribution in [0.5, 0.6) is 0 Å². The zero-order chi connectivity index (χ0) is 19.5. The van der Waals surface area contributed by atoms with Gasteiger partial charge >= 0.3 is 11.8 Å². The third-order valence-corrected chi connectivity index (χ3v) is 4.96. The zero-order valence-electron chi connectivity index (χ0n) is 15.4. The van der Waals surface area contributed by atoms with Gasteiger partial charge in [-0.3, -0.25) is 4.90 Å². The first-order valence-corrected chi connectivity index (χ1v) is 9.28. The Kier molecular flexibility index (Phi) is 5.40. The maximum atomic E-state index is 13.0. The van der Waals surface area contributed by atoms with Crippen LogP contribution in [0.15, 0.2) is 33.5 Å². The lowest BCUT2D eigenvalue weighted by molar-refractivity contribution is 0.0353. The Morgan fingerprint density at radius 1 is 1.00 bits per heavy atom. The second-order valence-electron chi connectivity index (χ2n) is 6.81. The van der Waals surface area contributed by atoms with Crippen LogP contribution in [0, 0.1) is 5.82 Å². The molecule has 0 aliphatic carbocycles. The zero-order valence-corrected chi connectivity index (χ0v) is 15.4. The van der Waals surface area contributed by atoms with Gasteiger partial charge in [-0.15, -0.1) is 5.10 Å². The van der Waals surface area contributed by atoms with E-state index in [2.05, 4.69) is 5.10 Å². The first-order valence-electron chi connectivity index (χ1n) is 9.28. The number of ether oxygens (including phenoxy) is 1. The third-order valence-electron chi connectivity index (χ3n) is 4.96. The van der Waals surface area contributed by atoms with Crippen LogP contribution in [0.1, 0.15) is 0 Å². The van der Waals surface area contributed by atoms with E-state index < -0.39 is 5.76 Å². The molecule has 2 aromatic rings. The number of rotatable bonds is 3. The number of piperazine rings is 1. The Labute approximate surface area is 160 Å². The minimum absolute atomic E-state index is 0.0418. The van der Waals surface area contributed by atoms with Gasteiger partial charge in [-0.2, -0.15) is 4.68 Å². The first kappa shape index (κ1) is 18.6. The van der Waals surface area contributed by atoms with Gasteiger partial charge in [-0.05, 0) is 24.3 Å². The van der Waals surface area contributed by atoms with E-state index in [4.69, 9.17) is 9.15 Å². The van der Waals surface area contributed by atoms with Crippen molar-refractivity contribution in [1.29, 1.82) is 0 Å². The summed E-state index contributed by atoms with van der Waals surface area (Å²) in [7, 11) is 0. The molecule has 0 spiro atoms. The van der Waals surface area contributed by atoms with Crippen molar-refractivity contribution in [2.45, 2.75) is 6.67 Å². The first-order chi connectivity index (χ1) is 13.6. The van der Waals surface area contributed by atoms with Crippen LogP contribution in [0.3, 0.4) is 0 Å². The topological polar surface area (TPSA) is 84.1 Å². The van der Waals surface area contributed by atoms with Gasteiger partial charge in [0.1, 0.15) is 12.5 Å². The van der Waals surface area contributed by atoms with Crippen molar-refractivity contribution in [3.63, 3.8) is 0 Å². The van der Waals surface area contributed by atoms with Crippen LogP contribution in [-0.4, -0.2) is 83.0 Å². The fourth-order valence-electron chi connectivity index (χ4n) is 3.33. The standard InChI is InChI=1S/C18H22FN5O4/c19-15-3-1-14(2-4-15)16-20-24(18(26)28-16)13-21-5-7-22(8-6-21)17(25)23-9-11-27-12-10-23/h1-4H,5-13H2. The average molecular weight is 391 g/mol.